The monoisotopic (exact) mass is 384 g/mol. The molecule has 1 unspecified atom stereocenters. The number of morpholine rings is 1. The molecule has 0 aromatic heterocycles. The normalized spacial score (nSPS) is 15.8. The molecule has 148 valence electrons. The lowest BCUT2D eigenvalue weighted by Gasteiger charge is -2.31. The van der Waals surface area contributed by atoms with Crippen LogP contribution in [-0.2, 0) is 9.53 Å². The summed E-state index contributed by atoms with van der Waals surface area (Å²) in [5, 5.41) is 3.06. The average Bonchev–Trinajstić information content (AvgIpc) is 2.73. The number of ketones is 1. The van der Waals surface area contributed by atoms with Crippen LogP contribution in [0.2, 0.25) is 0 Å². The fourth-order valence-corrected chi connectivity index (χ4v) is 3.24. The highest BCUT2D eigenvalue weighted by molar-refractivity contribution is 5.97. The van der Waals surface area contributed by atoms with E-state index >= 15 is 0 Å². The zero-order valence-corrected chi connectivity index (χ0v) is 15.8. The zero-order chi connectivity index (χ0) is 19.8. The Labute approximate surface area is 164 Å². The number of halogens is 1. The first kappa shape index (κ1) is 20.2. The number of ether oxygens (including phenoxy) is 1. The highest BCUT2D eigenvalue weighted by Crippen LogP contribution is 2.16. The van der Waals surface area contributed by atoms with Crippen molar-refractivity contribution in [3.05, 3.63) is 71.5 Å². The number of Topliss-reactive ketones (excluding diaryl/α,β-unsaturated/α-hetero) is 1. The van der Waals surface area contributed by atoms with Gasteiger partial charge in [0.2, 0.25) is 5.91 Å². The minimum atomic E-state index is -0.386. The lowest BCUT2D eigenvalue weighted by atomic mass is 10.0. The van der Waals surface area contributed by atoms with Crippen LogP contribution in [0.15, 0.2) is 54.6 Å². The maximum atomic E-state index is 13.0. The molecule has 1 amide bonds. The maximum Gasteiger partial charge on any atom is 0.220 e. The second kappa shape index (κ2) is 10.1. The van der Waals surface area contributed by atoms with Crippen molar-refractivity contribution in [3.63, 3.8) is 0 Å². The van der Waals surface area contributed by atoms with Crippen LogP contribution in [0.5, 0.6) is 0 Å². The molecule has 1 fully saturated rings. The molecule has 2 aromatic rings. The van der Waals surface area contributed by atoms with Gasteiger partial charge in [-0.25, -0.2) is 4.39 Å². The van der Waals surface area contributed by atoms with E-state index in [9.17, 15) is 14.0 Å². The van der Waals surface area contributed by atoms with Crippen molar-refractivity contribution in [1.29, 1.82) is 0 Å². The second-order valence-corrected chi connectivity index (χ2v) is 6.87. The van der Waals surface area contributed by atoms with Crippen LogP contribution in [0.1, 0.15) is 34.8 Å². The quantitative estimate of drug-likeness (QED) is 0.711. The number of carbonyl (C=O) groups excluding carboxylic acids is 2. The van der Waals surface area contributed by atoms with E-state index in [1.165, 1.54) is 24.3 Å². The van der Waals surface area contributed by atoms with Crippen LogP contribution in [0.25, 0.3) is 0 Å². The summed E-state index contributed by atoms with van der Waals surface area (Å²) in [7, 11) is 0. The summed E-state index contributed by atoms with van der Waals surface area (Å²) >= 11 is 0. The highest BCUT2D eigenvalue weighted by atomic mass is 19.1. The molecular weight excluding hydrogens is 359 g/mol. The van der Waals surface area contributed by atoms with Crippen molar-refractivity contribution in [2.45, 2.75) is 18.9 Å². The van der Waals surface area contributed by atoms with E-state index in [2.05, 4.69) is 10.2 Å². The van der Waals surface area contributed by atoms with Crippen LogP contribution in [0.3, 0.4) is 0 Å². The molecule has 1 atom stereocenters. The van der Waals surface area contributed by atoms with E-state index in [0.29, 0.717) is 25.3 Å². The molecule has 28 heavy (non-hydrogen) atoms. The number of carbonyl (C=O) groups is 2. The summed E-state index contributed by atoms with van der Waals surface area (Å²) in [6, 6.07) is 15.1. The lowest BCUT2D eigenvalue weighted by molar-refractivity contribution is -0.122. The third-order valence-electron chi connectivity index (χ3n) is 4.83. The molecule has 0 saturated carbocycles. The van der Waals surface area contributed by atoms with Gasteiger partial charge in [0, 0.05) is 38.0 Å². The van der Waals surface area contributed by atoms with Gasteiger partial charge in [0.1, 0.15) is 5.82 Å². The summed E-state index contributed by atoms with van der Waals surface area (Å²) in [5.74, 6) is -0.722. The molecule has 1 aliphatic heterocycles. The van der Waals surface area contributed by atoms with Crippen LogP contribution >= 0.6 is 0 Å². The largest absolute Gasteiger partial charge is 0.379 e. The van der Waals surface area contributed by atoms with Gasteiger partial charge in [-0.05, 0) is 29.8 Å². The molecule has 5 nitrogen and oxygen atoms in total. The standard InChI is InChI=1S/C22H25FN2O3/c23-19-8-6-18(7-9-19)21(26)10-11-22(27)24-20(17-4-2-1-3-5-17)16-25-12-14-28-15-13-25/h1-9,20H,10-16H2,(H,24,27). The third kappa shape index (κ3) is 5.97. The van der Waals surface area contributed by atoms with Gasteiger partial charge in [-0.2, -0.15) is 0 Å². The average molecular weight is 384 g/mol. The van der Waals surface area contributed by atoms with Crippen molar-refractivity contribution in [2.24, 2.45) is 0 Å². The SMILES string of the molecule is O=C(CCC(=O)c1ccc(F)cc1)NC(CN1CCOCC1)c1ccccc1. The van der Waals surface area contributed by atoms with Crippen molar-refractivity contribution in [3.8, 4) is 0 Å². The van der Waals surface area contributed by atoms with Gasteiger partial charge >= 0.3 is 0 Å². The number of nitrogens with one attached hydrogen (secondary N) is 1. The summed E-state index contributed by atoms with van der Waals surface area (Å²) in [4.78, 5) is 27.0. The first-order chi connectivity index (χ1) is 13.6. The molecule has 1 heterocycles. The number of amides is 1. The Balaban J connectivity index is 1.57. The minimum Gasteiger partial charge on any atom is -0.379 e. The number of rotatable bonds is 8. The molecule has 1 N–H and O–H groups in total. The maximum absolute atomic E-state index is 13.0. The van der Waals surface area contributed by atoms with Gasteiger partial charge in [0.15, 0.2) is 5.78 Å². The molecule has 0 aliphatic carbocycles. The fraction of sp³-hybridized carbons (Fsp3) is 0.364. The fourth-order valence-electron chi connectivity index (χ4n) is 3.24. The van der Waals surface area contributed by atoms with Gasteiger partial charge in [-0.1, -0.05) is 30.3 Å². The van der Waals surface area contributed by atoms with E-state index in [1.54, 1.807) is 0 Å². The van der Waals surface area contributed by atoms with Crippen molar-refractivity contribution >= 4 is 11.7 Å². The van der Waals surface area contributed by atoms with Crippen LogP contribution < -0.4 is 5.32 Å². The molecule has 2 aromatic carbocycles. The molecule has 6 heteroatoms. The van der Waals surface area contributed by atoms with Crippen molar-refractivity contribution in [1.82, 2.24) is 10.2 Å². The Morgan fingerprint density at radius 3 is 2.36 bits per heavy atom. The third-order valence-corrected chi connectivity index (χ3v) is 4.83. The minimum absolute atomic E-state index is 0.0938. The van der Waals surface area contributed by atoms with Gasteiger partial charge < -0.3 is 10.1 Å². The first-order valence-electron chi connectivity index (χ1n) is 9.55. The molecule has 1 aliphatic rings. The van der Waals surface area contributed by atoms with E-state index in [1.807, 2.05) is 30.3 Å². The predicted molar refractivity (Wildman–Crippen MR) is 105 cm³/mol. The van der Waals surface area contributed by atoms with Crippen molar-refractivity contribution in [2.75, 3.05) is 32.8 Å². The van der Waals surface area contributed by atoms with E-state index < -0.39 is 0 Å². The number of hydrogen-bond acceptors (Lipinski definition) is 4. The Hall–Kier alpha value is -2.57. The molecule has 3 rings (SSSR count). The van der Waals surface area contributed by atoms with E-state index in [0.717, 1.165) is 18.7 Å². The smallest absolute Gasteiger partial charge is 0.220 e. The predicted octanol–water partition coefficient (Wildman–Crippen LogP) is 2.98. The summed E-state index contributed by atoms with van der Waals surface area (Å²) in [6.45, 7) is 3.76. The highest BCUT2D eigenvalue weighted by Gasteiger charge is 2.20. The topological polar surface area (TPSA) is 58.6 Å². The van der Waals surface area contributed by atoms with Crippen molar-refractivity contribution < 1.29 is 18.7 Å². The van der Waals surface area contributed by atoms with Crippen LogP contribution in [0.4, 0.5) is 4.39 Å². The number of nitrogens with zero attached hydrogens (tertiary/aromatic N) is 1. The van der Waals surface area contributed by atoms with Gasteiger partial charge in [-0.3, -0.25) is 14.5 Å². The van der Waals surface area contributed by atoms with E-state index in [4.69, 9.17) is 4.74 Å². The molecule has 0 radical (unpaired) electrons. The number of benzene rings is 2. The van der Waals surface area contributed by atoms with Crippen LogP contribution in [0, 0.1) is 5.82 Å². The van der Waals surface area contributed by atoms with Gasteiger partial charge in [0.05, 0.1) is 19.3 Å². The van der Waals surface area contributed by atoms with Crippen LogP contribution in [-0.4, -0.2) is 49.4 Å². The molecule has 0 bridgehead atoms. The summed E-state index contributed by atoms with van der Waals surface area (Å²) in [6.07, 6.45) is 0.194. The Bertz CT molecular complexity index is 774. The first-order valence-corrected chi connectivity index (χ1v) is 9.55. The van der Waals surface area contributed by atoms with E-state index in [-0.39, 0.29) is 36.4 Å². The molecule has 0 spiro atoms. The van der Waals surface area contributed by atoms with Gasteiger partial charge in [0.25, 0.3) is 0 Å². The Morgan fingerprint density at radius 1 is 1.00 bits per heavy atom. The number of hydrogen-bond donors (Lipinski definition) is 1. The van der Waals surface area contributed by atoms with Gasteiger partial charge in [-0.15, -0.1) is 0 Å². The second-order valence-electron chi connectivity index (χ2n) is 6.87. The molecule has 1 saturated heterocycles. The summed E-state index contributed by atoms with van der Waals surface area (Å²) < 4.78 is 18.4. The Kier molecular flexibility index (Phi) is 7.28. The Morgan fingerprint density at radius 2 is 1.68 bits per heavy atom. The zero-order valence-electron chi connectivity index (χ0n) is 15.8. The summed E-state index contributed by atoms with van der Waals surface area (Å²) in [5.41, 5.74) is 1.45. The lowest BCUT2D eigenvalue weighted by Crippen LogP contribution is -2.43. The molecular formula is C22H25FN2O3.